The highest BCUT2D eigenvalue weighted by Crippen LogP contribution is 2.65. The standard InChI is InChI=1S/C35H54N6O8S2/c1-12-21-18-35(21,30(44)39-51(48,49)22-16-14-13-15-17-22)38-28(42)26-25-23(34(25,8)9)19-41(26)29(43)27(33(5,6)7)37-31(45)36-24(32(2,3)4)20-40(10)50(11,46)47/h12-17,21,23-27H,1,18-20H2,2-11H3,(H,38,42)(H,39,44)(H2,36,37,45)/t21?,23-,24+,25-,26-,27+,35-/m0/s1. The minimum Gasteiger partial charge on any atom is -0.339 e. The number of hydrogen-bond donors (Lipinski definition) is 4. The second-order valence-corrected chi connectivity index (χ2v) is 20.8. The van der Waals surface area contributed by atoms with E-state index in [9.17, 15) is 36.0 Å². The van der Waals surface area contributed by atoms with E-state index < -0.39 is 84.2 Å². The number of sulfonamides is 2. The van der Waals surface area contributed by atoms with Crippen LogP contribution in [0.2, 0.25) is 0 Å². The minimum atomic E-state index is -4.23. The van der Waals surface area contributed by atoms with Crippen LogP contribution in [-0.4, -0.2) is 99.9 Å². The maximum Gasteiger partial charge on any atom is 0.315 e. The molecule has 4 rings (SSSR count). The molecule has 3 aliphatic rings. The molecule has 1 unspecified atom stereocenters. The van der Waals surface area contributed by atoms with Gasteiger partial charge < -0.3 is 20.9 Å². The molecule has 0 radical (unpaired) electrons. The summed E-state index contributed by atoms with van der Waals surface area (Å²) < 4.78 is 53.6. The molecule has 1 aromatic carbocycles. The van der Waals surface area contributed by atoms with Crippen molar-refractivity contribution in [2.24, 2.45) is 34.0 Å². The molecular weight excluding hydrogens is 697 g/mol. The maximum atomic E-state index is 14.4. The number of urea groups is 1. The van der Waals surface area contributed by atoms with Gasteiger partial charge in [0.2, 0.25) is 21.8 Å². The Morgan fingerprint density at radius 1 is 1.00 bits per heavy atom. The Bertz CT molecular complexity index is 1790. The van der Waals surface area contributed by atoms with Gasteiger partial charge in [-0.15, -0.1) is 6.58 Å². The van der Waals surface area contributed by atoms with E-state index in [-0.39, 0.29) is 41.7 Å². The van der Waals surface area contributed by atoms with E-state index in [0.29, 0.717) is 0 Å². The van der Waals surface area contributed by atoms with Crippen LogP contribution < -0.4 is 20.7 Å². The summed E-state index contributed by atoms with van der Waals surface area (Å²) >= 11 is 0. The van der Waals surface area contributed by atoms with Crippen molar-refractivity contribution < 1.29 is 36.0 Å². The molecule has 7 atom stereocenters. The molecule has 51 heavy (non-hydrogen) atoms. The number of nitrogens with one attached hydrogen (secondary N) is 4. The van der Waals surface area contributed by atoms with Crippen molar-refractivity contribution in [1.29, 1.82) is 0 Å². The summed E-state index contributed by atoms with van der Waals surface area (Å²) in [4.78, 5) is 57.1. The van der Waals surface area contributed by atoms with E-state index in [1.807, 2.05) is 34.6 Å². The lowest BCUT2D eigenvalue weighted by atomic mass is 9.85. The Kier molecular flexibility index (Phi) is 10.6. The molecule has 0 spiro atoms. The number of likely N-dealkylation sites (tertiary alicyclic amines) is 1. The Balaban J connectivity index is 1.57. The van der Waals surface area contributed by atoms with Crippen molar-refractivity contribution in [3.05, 3.63) is 43.0 Å². The highest BCUT2D eigenvalue weighted by molar-refractivity contribution is 7.90. The van der Waals surface area contributed by atoms with Gasteiger partial charge in [-0.1, -0.05) is 79.7 Å². The lowest BCUT2D eigenvalue weighted by Crippen LogP contribution is -2.63. The van der Waals surface area contributed by atoms with Gasteiger partial charge in [0.1, 0.15) is 17.6 Å². The first-order chi connectivity index (χ1) is 23.2. The quantitative estimate of drug-likeness (QED) is 0.234. The van der Waals surface area contributed by atoms with E-state index >= 15 is 0 Å². The van der Waals surface area contributed by atoms with Gasteiger partial charge in [-0.3, -0.25) is 14.4 Å². The first-order valence-corrected chi connectivity index (χ1v) is 20.4. The molecule has 1 aromatic rings. The monoisotopic (exact) mass is 750 g/mol. The zero-order chi connectivity index (χ0) is 38.7. The van der Waals surface area contributed by atoms with Gasteiger partial charge in [-0.2, -0.15) is 0 Å². The number of piperidine rings is 1. The van der Waals surface area contributed by atoms with E-state index in [1.165, 1.54) is 42.3 Å². The van der Waals surface area contributed by atoms with Crippen LogP contribution in [0.5, 0.6) is 0 Å². The topological polar surface area (TPSA) is 191 Å². The van der Waals surface area contributed by atoms with Crippen molar-refractivity contribution in [2.75, 3.05) is 26.4 Å². The predicted octanol–water partition coefficient (Wildman–Crippen LogP) is 2.06. The molecule has 2 saturated carbocycles. The molecule has 3 fully saturated rings. The summed E-state index contributed by atoms with van der Waals surface area (Å²) in [5.74, 6) is -2.75. The molecule has 5 amide bonds. The van der Waals surface area contributed by atoms with Crippen LogP contribution >= 0.6 is 0 Å². The fraction of sp³-hybridized carbons (Fsp3) is 0.657. The van der Waals surface area contributed by atoms with Gasteiger partial charge >= 0.3 is 6.03 Å². The van der Waals surface area contributed by atoms with Crippen LogP contribution in [0.1, 0.15) is 61.8 Å². The third kappa shape index (κ3) is 8.27. The maximum absolute atomic E-state index is 14.4. The molecular formula is C35H54N6O8S2. The number of nitrogens with zero attached hydrogens (tertiary/aromatic N) is 2. The third-order valence-electron chi connectivity index (χ3n) is 10.8. The van der Waals surface area contributed by atoms with Crippen molar-refractivity contribution >= 4 is 43.8 Å². The number of amides is 5. The highest BCUT2D eigenvalue weighted by atomic mass is 32.2. The molecule has 1 saturated heterocycles. The average molecular weight is 751 g/mol. The van der Waals surface area contributed by atoms with Crippen LogP contribution in [0.25, 0.3) is 0 Å². The summed E-state index contributed by atoms with van der Waals surface area (Å²) in [6.45, 7) is 19.0. The van der Waals surface area contributed by atoms with E-state index in [4.69, 9.17) is 0 Å². The molecule has 0 aromatic heterocycles. The van der Waals surface area contributed by atoms with Gasteiger partial charge in [0.05, 0.1) is 11.2 Å². The highest BCUT2D eigenvalue weighted by Gasteiger charge is 2.71. The Morgan fingerprint density at radius 2 is 1.59 bits per heavy atom. The second kappa shape index (κ2) is 13.5. The van der Waals surface area contributed by atoms with Gasteiger partial charge in [0.15, 0.2) is 0 Å². The molecule has 1 heterocycles. The Labute approximate surface area is 302 Å². The zero-order valence-corrected chi connectivity index (χ0v) is 32.9. The largest absolute Gasteiger partial charge is 0.339 e. The number of carbonyl (C=O) groups excluding carboxylic acids is 4. The van der Waals surface area contributed by atoms with Crippen molar-refractivity contribution in [3.8, 4) is 0 Å². The van der Waals surface area contributed by atoms with E-state index in [1.54, 1.807) is 26.8 Å². The summed E-state index contributed by atoms with van der Waals surface area (Å²) in [5, 5.41) is 8.49. The van der Waals surface area contributed by atoms with Crippen LogP contribution in [0, 0.1) is 34.0 Å². The average Bonchev–Trinajstić information content (AvgIpc) is 3.76. The normalized spacial score (nSPS) is 26.7. The lowest BCUT2D eigenvalue weighted by molar-refractivity contribution is -0.144. The van der Waals surface area contributed by atoms with Crippen LogP contribution in [0.15, 0.2) is 47.9 Å². The van der Waals surface area contributed by atoms with Gasteiger partial charge in [0, 0.05) is 32.1 Å². The van der Waals surface area contributed by atoms with Crippen molar-refractivity contribution in [3.63, 3.8) is 0 Å². The summed E-state index contributed by atoms with van der Waals surface area (Å²) in [6, 6.07) is 4.06. The molecule has 284 valence electrons. The molecule has 1 aliphatic heterocycles. The van der Waals surface area contributed by atoms with Crippen LogP contribution in [-0.2, 0) is 34.4 Å². The third-order valence-corrected chi connectivity index (χ3v) is 13.5. The molecule has 16 heteroatoms. The Morgan fingerprint density at radius 3 is 2.08 bits per heavy atom. The summed E-state index contributed by atoms with van der Waals surface area (Å²) in [5.41, 5.74) is -3.21. The fourth-order valence-electron chi connectivity index (χ4n) is 7.09. The predicted molar refractivity (Wildman–Crippen MR) is 193 cm³/mol. The minimum absolute atomic E-state index is 0.00434. The van der Waals surface area contributed by atoms with Crippen molar-refractivity contribution in [2.45, 2.75) is 90.4 Å². The second-order valence-electron chi connectivity index (χ2n) is 17.0. The molecule has 2 aliphatic carbocycles. The van der Waals surface area contributed by atoms with Gasteiger partial charge in [-0.05, 0) is 46.6 Å². The first kappa shape index (κ1) is 40.3. The summed E-state index contributed by atoms with van der Waals surface area (Å²) in [7, 11) is -6.34. The van der Waals surface area contributed by atoms with Crippen molar-refractivity contribution in [1.82, 2.24) is 29.9 Å². The van der Waals surface area contributed by atoms with E-state index in [2.05, 4.69) is 27.3 Å². The smallest absolute Gasteiger partial charge is 0.315 e. The Hall–Kier alpha value is -3.50. The molecule has 0 bridgehead atoms. The fourth-order valence-corrected chi connectivity index (χ4v) is 8.57. The number of fused-ring (bicyclic) bond motifs is 1. The SMILES string of the molecule is C=CC1C[C@@]1(NC(=O)[C@@H]1[C@@H]2[C@H](CN1C(=O)[C@@H](NC(=O)N[C@H](CN(C)S(C)(=O)=O)C(C)(C)C)C(C)(C)C)C2(C)C)C(=O)NS(=O)(=O)c1ccccc1. The van der Waals surface area contributed by atoms with Crippen LogP contribution in [0.4, 0.5) is 4.79 Å². The molecule has 14 nitrogen and oxygen atoms in total. The molecule has 4 N–H and O–H groups in total. The van der Waals surface area contributed by atoms with Gasteiger partial charge in [-0.25, -0.2) is 30.7 Å². The van der Waals surface area contributed by atoms with E-state index in [0.717, 1.165) is 10.6 Å². The number of carbonyl (C=O) groups is 4. The summed E-state index contributed by atoms with van der Waals surface area (Å²) in [6.07, 6.45) is 2.71. The number of likely N-dealkylation sites (N-methyl/N-ethyl adjacent to an activating group) is 1. The lowest BCUT2D eigenvalue weighted by Gasteiger charge is -2.39. The number of hydrogen-bond acceptors (Lipinski definition) is 8. The number of benzene rings is 1. The first-order valence-electron chi connectivity index (χ1n) is 17.0. The zero-order valence-electron chi connectivity index (χ0n) is 31.2. The number of rotatable bonds is 12. The van der Waals surface area contributed by atoms with Crippen LogP contribution in [0.3, 0.4) is 0 Å². The van der Waals surface area contributed by atoms with Gasteiger partial charge in [0.25, 0.3) is 15.9 Å².